The summed E-state index contributed by atoms with van der Waals surface area (Å²) in [6.07, 6.45) is 2.98. The van der Waals surface area contributed by atoms with Gasteiger partial charge in [0.1, 0.15) is 27.5 Å². The summed E-state index contributed by atoms with van der Waals surface area (Å²) in [5.74, 6) is -4.84. The van der Waals surface area contributed by atoms with E-state index in [1.165, 1.54) is 43.8 Å². The summed E-state index contributed by atoms with van der Waals surface area (Å²) in [6, 6.07) is 14.9. The van der Waals surface area contributed by atoms with E-state index in [4.69, 9.17) is 0 Å². The maximum Gasteiger partial charge on any atom is 0.277 e. The molecule has 91 heavy (non-hydrogen) atoms. The number of nitrogens with one attached hydrogen (secondary N) is 4. The number of thiophene rings is 1. The van der Waals surface area contributed by atoms with Crippen LogP contribution in [0.4, 0.5) is 17.6 Å². The van der Waals surface area contributed by atoms with E-state index in [0.29, 0.717) is 48.4 Å². The van der Waals surface area contributed by atoms with Crippen molar-refractivity contribution in [3.63, 3.8) is 0 Å². The van der Waals surface area contributed by atoms with Gasteiger partial charge in [0, 0.05) is 131 Å². The molecule has 27 heteroatoms. The van der Waals surface area contributed by atoms with E-state index < -0.39 is 91.5 Å². The Morgan fingerprint density at radius 2 is 1.01 bits per heavy atom. The van der Waals surface area contributed by atoms with Crippen molar-refractivity contribution < 1.29 is 63.8 Å². The molecule has 0 bridgehead atoms. The van der Waals surface area contributed by atoms with Crippen LogP contribution in [0.3, 0.4) is 0 Å². The van der Waals surface area contributed by atoms with Crippen molar-refractivity contribution in [2.75, 3.05) is 65.4 Å². The minimum atomic E-state index is -4.00. The smallest absolute Gasteiger partial charge is 0.277 e. The summed E-state index contributed by atoms with van der Waals surface area (Å²) in [6.45, 7) is 14.3. The quantitative estimate of drug-likeness (QED) is 0.0314. The van der Waals surface area contributed by atoms with Crippen molar-refractivity contribution in [2.45, 2.75) is 126 Å². The predicted octanol–water partition coefficient (Wildman–Crippen LogP) is 6.60. The zero-order chi connectivity index (χ0) is 66.3. The number of carbonyl (C=O) groups excluding carboxylic acids is 4. The number of hydrogen-bond donors (Lipinski definition) is 6. The minimum absolute atomic E-state index is 0.0843. The lowest BCUT2D eigenvalue weighted by molar-refractivity contribution is 0.0599. The molecule has 0 saturated carbocycles. The van der Waals surface area contributed by atoms with E-state index in [-0.39, 0.29) is 95.5 Å². The Morgan fingerprint density at radius 3 is 1.37 bits per heavy atom. The van der Waals surface area contributed by atoms with Gasteiger partial charge in [0.25, 0.3) is 43.7 Å². The fourth-order valence-corrected chi connectivity index (χ4v) is 15.5. The number of hydrogen-bond acceptors (Lipinski definition) is 14. The van der Waals surface area contributed by atoms with E-state index >= 15 is 0 Å². The van der Waals surface area contributed by atoms with Gasteiger partial charge in [-0.05, 0) is 147 Å². The second kappa shape index (κ2) is 32.6. The number of carbonyl (C=O) groups is 4. The molecule has 4 heterocycles. The first-order chi connectivity index (χ1) is 43.3. The molecule has 2 saturated heterocycles. The third kappa shape index (κ3) is 18.9. The van der Waals surface area contributed by atoms with Gasteiger partial charge in [0.15, 0.2) is 0 Å². The molecular formula is C64H82F4N10O10S3. The molecule has 6 aromatic rings. The van der Waals surface area contributed by atoms with Crippen molar-refractivity contribution in [1.82, 2.24) is 49.2 Å². The Balaban J connectivity index is 0.000000259. The van der Waals surface area contributed by atoms with Crippen LogP contribution in [0, 0.1) is 37.1 Å². The van der Waals surface area contributed by atoms with E-state index in [1.54, 1.807) is 66.4 Å². The van der Waals surface area contributed by atoms with Gasteiger partial charge in [0.05, 0.1) is 24.3 Å². The maximum absolute atomic E-state index is 14.1. The molecule has 20 nitrogen and oxygen atoms in total. The highest BCUT2D eigenvalue weighted by Gasteiger charge is 2.40. The largest absolute Gasteiger partial charge is 0.389 e. The summed E-state index contributed by atoms with van der Waals surface area (Å²) in [4.78, 5) is 61.5. The SMILES string of the molecule is CCCN(CCC)C(=O)c1cc(C)cc(C(=O)N[C@@H](Cc2cc(F)cc(F)c2)[C@H](O)[C@H]2CN(S(=O)(=O)c3cccs3)CCN2)c1.CCCN(CCC)C(=O)c1cc(C)cc(C(=O)N[C@@H](Cc2cc(F)cc(F)c2)[C@H](O)[C@H]2CN(S(=O)(=O)c3nccn3C)CCN2)c1. The number of aliphatic hydroxyl groups is 2. The standard InChI is InChI=1S/C32H42F2N6O5S.C32H40F2N4O5S2/c1-5-9-39(10-6-2)31(43)24-14-21(3)13-23(18-24)30(42)37-27(17-22-15-25(33)19-26(34)16-22)29(41)28-20-40(12-8-35-28)46(44,45)32-36-7-11-38(32)4;1-4-9-37(10-5-2)32(41)24-14-21(3)13-23(18-24)31(40)36-27(17-22-15-25(33)19-26(34)16-22)30(39)28-20-38(11-8-35-28)45(42,43)29-7-6-12-44-29/h7,11,13-16,18-19,27-29,35,41H,5-6,8-10,12,17,20H2,1-4H3,(H,37,42);6-7,12-16,18-19,27-28,30,35,39H,4-5,8-11,17,20H2,1-3H3,(H,36,40)/t27-,28+,29-;27-,28+,30-/m00/s1. The summed E-state index contributed by atoms with van der Waals surface area (Å²) in [5, 5.41) is 36.6. The summed E-state index contributed by atoms with van der Waals surface area (Å²) < 4.78 is 114. The first-order valence-corrected chi connectivity index (χ1v) is 34.2. The van der Waals surface area contributed by atoms with Crippen LogP contribution in [0.2, 0.25) is 0 Å². The Morgan fingerprint density at radius 1 is 0.615 bits per heavy atom. The number of aryl methyl sites for hydroxylation is 3. The molecule has 0 spiro atoms. The number of aliphatic hydroxyl groups excluding tert-OH is 2. The van der Waals surface area contributed by atoms with Crippen molar-refractivity contribution >= 4 is 55.0 Å². The highest BCUT2D eigenvalue weighted by atomic mass is 32.2. The lowest BCUT2D eigenvalue weighted by Crippen LogP contribution is -2.62. The number of benzene rings is 4. The number of aromatic nitrogens is 2. The lowest BCUT2D eigenvalue weighted by atomic mass is 9.94. The number of amides is 4. The van der Waals surface area contributed by atoms with Crippen molar-refractivity contribution in [3.8, 4) is 0 Å². The third-order valence-corrected chi connectivity index (χ3v) is 20.6. The van der Waals surface area contributed by atoms with E-state index in [9.17, 15) is 63.8 Å². The van der Waals surface area contributed by atoms with Crippen LogP contribution < -0.4 is 21.3 Å². The highest BCUT2D eigenvalue weighted by Crippen LogP contribution is 2.26. The Labute approximate surface area is 534 Å². The molecule has 2 fully saturated rings. The van der Waals surface area contributed by atoms with Gasteiger partial charge in [-0.3, -0.25) is 19.2 Å². The molecule has 6 N–H and O–H groups in total. The molecule has 494 valence electrons. The lowest BCUT2D eigenvalue weighted by Gasteiger charge is -2.38. The van der Waals surface area contributed by atoms with E-state index in [1.807, 2.05) is 27.7 Å². The van der Waals surface area contributed by atoms with Crippen LogP contribution in [-0.2, 0) is 39.9 Å². The third-order valence-electron chi connectivity index (χ3n) is 15.5. The zero-order valence-electron chi connectivity index (χ0n) is 52.2. The number of halogens is 4. The van der Waals surface area contributed by atoms with Gasteiger partial charge in [-0.15, -0.1) is 11.3 Å². The maximum atomic E-state index is 14.1. The fourth-order valence-electron chi connectivity index (χ4n) is 11.3. The molecule has 0 aliphatic carbocycles. The van der Waals surface area contributed by atoms with Crippen LogP contribution in [0.1, 0.15) is 117 Å². The molecule has 4 amide bonds. The monoisotopic (exact) mass is 1320 g/mol. The van der Waals surface area contributed by atoms with Gasteiger partial charge >= 0.3 is 0 Å². The first-order valence-electron chi connectivity index (χ1n) is 30.4. The molecule has 4 aromatic carbocycles. The average Bonchev–Trinajstić information content (AvgIpc) is 2.01. The molecule has 0 unspecified atom stereocenters. The van der Waals surface area contributed by atoms with Crippen molar-refractivity contribution in [3.05, 3.63) is 170 Å². The van der Waals surface area contributed by atoms with Gasteiger partial charge in [-0.2, -0.15) is 8.61 Å². The van der Waals surface area contributed by atoms with Crippen molar-refractivity contribution in [1.29, 1.82) is 0 Å². The highest BCUT2D eigenvalue weighted by molar-refractivity contribution is 7.91. The Hall–Kier alpha value is -6.95. The second-order valence-corrected chi connectivity index (χ2v) is 27.9. The van der Waals surface area contributed by atoms with Crippen LogP contribution >= 0.6 is 11.3 Å². The first kappa shape index (κ1) is 71.5. The van der Waals surface area contributed by atoms with Gasteiger partial charge < -0.3 is 45.8 Å². The number of rotatable bonds is 26. The topological polar surface area (TPSA) is 256 Å². The Kier molecular flexibility index (Phi) is 25.6. The summed E-state index contributed by atoms with van der Waals surface area (Å²) >= 11 is 1.09. The van der Waals surface area contributed by atoms with Crippen LogP contribution in [-0.4, -0.2) is 180 Å². The minimum Gasteiger partial charge on any atom is -0.389 e. The molecule has 6 atom stereocenters. The van der Waals surface area contributed by atoms with Gasteiger partial charge in [-0.1, -0.05) is 33.8 Å². The molecule has 2 aliphatic heterocycles. The number of piperazine rings is 2. The molecule has 8 rings (SSSR count). The molecular weight excluding hydrogens is 1240 g/mol. The van der Waals surface area contributed by atoms with Crippen molar-refractivity contribution in [2.24, 2.45) is 7.05 Å². The fraction of sp³-hybridized carbons (Fsp3) is 0.453. The molecule has 0 radical (unpaired) electrons. The van der Waals surface area contributed by atoms with Crippen LogP contribution in [0.25, 0.3) is 0 Å². The number of imidazole rings is 1. The molecule has 2 aliphatic rings. The Bertz CT molecular complexity index is 3660. The number of sulfonamides is 2. The second-order valence-electron chi connectivity index (χ2n) is 23.0. The predicted molar refractivity (Wildman–Crippen MR) is 339 cm³/mol. The van der Waals surface area contributed by atoms with Crippen LogP contribution in [0.15, 0.2) is 112 Å². The summed E-state index contributed by atoms with van der Waals surface area (Å²) in [5.41, 5.74) is 2.82. The van der Waals surface area contributed by atoms with E-state index in [2.05, 4.69) is 26.3 Å². The normalized spacial score (nSPS) is 17.0. The molecule has 2 aromatic heterocycles. The zero-order valence-corrected chi connectivity index (χ0v) is 54.6. The van der Waals surface area contributed by atoms with E-state index in [0.717, 1.165) is 73.4 Å². The number of nitrogens with zero attached hydrogens (tertiary/aromatic N) is 6. The summed E-state index contributed by atoms with van der Waals surface area (Å²) in [7, 11) is -6.24. The average molecular weight is 1320 g/mol. The van der Waals surface area contributed by atoms with Crippen LogP contribution in [0.5, 0.6) is 0 Å². The van der Waals surface area contributed by atoms with Gasteiger partial charge in [0.2, 0.25) is 5.16 Å². The van der Waals surface area contributed by atoms with Gasteiger partial charge in [-0.25, -0.2) is 39.4 Å².